The number of fused-ring (bicyclic) bond motifs is 1. The first-order chi connectivity index (χ1) is 13.2. The third-order valence-electron chi connectivity index (χ3n) is 4.87. The molecule has 0 spiro atoms. The third kappa shape index (κ3) is 3.77. The second kappa shape index (κ2) is 7.73. The SMILES string of the molecule is CN=C(NCc1ccc2c(c1)OCO2)N1CCN(c2ccccc2F)CC1. The van der Waals surface area contributed by atoms with Crippen LogP contribution in [0.25, 0.3) is 0 Å². The minimum absolute atomic E-state index is 0.170. The Morgan fingerprint density at radius 2 is 1.85 bits per heavy atom. The standard InChI is InChI=1S/C20H23FN4O2/c1-22-20(23-13-15-6-7-18-19(12-15)27-14-26-18)25-10-8-24(9-11-25)17-5-3-2-4-16(17)21/h2-7,12H,8-11,13-14H2,1H3,(H,22,23). The van der Waals surface area contributed by atoms with Crippen LogP contribution in [-0.4, -0.2) is 50.9 Å². The smallest absolute Gasteiger partial charge is 0.231 e. The molecule has 1 N–H and O–H groups in total. The first-order valence-electron chi connectivity index (χ1n) is 9.08. The second-order valence-corrected chi connectivity index (χ2v) is 6.51. The normalized spacial score (nSPS) is 16.6. The Hall–Kier alpha value is -2.96. The van der Waals surface area contributed by atoms with Crippen molar-refractivity contribution in [2.75, 3.05) is 44.9 Å². The molecular formula is C20H23FN4O2. The molecule has 1 fully saturated rings. The molecule has 2 aromatic rings. The second-order valence-electron chi connectivity index (χ2n) is 6.51. The molecule has 2 aromatic carbocycles. The van der Waals surface area contributed by atoms with E-state index in [4.69, 9.17) is 9.47 Å². The molecule has 4 rings (SSSR count). The number of anilines is 1. The summed E-state index contributed by atoms with van der Waals surface area (Å²) in [6.45, 7) is 4.01. The number of rotatable bonds is 3. The number of hydrogen-bond donors (Lipinski definition) is 1. The molecule has 0 aromatic heterocycles. The van der Waals surface area contributed by atoms with Gasteiger partial charge in [0.25, 0.3) is 0 Å². The Morgan fingerprint density at radius 3 is 2.63 bits per heavy atom. The number of piperazine rings is 1. The van der Waals surface area contributed by atoms with Gasteiger partial charge in [0.2, 0.25) is 6.79 Å². The van der Waals surface area contributed by atoms with E-state index in [2.05, 4.69) is 20.1 Å². The molecule has 0 amide bonds. The van der Waals surface area contributed by atoms with E-state index in [1.165, 1.54) is 6.07 Å². The van der Waals surface area contributed by atoms with Gasteiger partial charge in [-0.3, -0.25) is 4.99 Å². The van der Waals surface area contributed by atoms with Crippen LogP contribution in [0.2, 0.25) is 0 Å². The van der Waals surface area contributed by atoms with Crippen molar-refractivity contribution in [3.8, 4) is 11.5 Å². The van der Waals surface area contributed by atoms with Crippen LogP contribution in [0.3, 0.4) is 0 Å². The predicted molar refractivity (Wildman–Crippen MR) is 103 cm³/mol. The Balaban J connectivity index is 1.33. The summed E-state index contributed by atoms with van der Waals surface area (Å²) in [4.78, 5) is 8.68. The van der Waals surface area contributed by atoms with Crippen LogP contribution in [-0.2, 0) is 6.54 Å². The van der Waals surface area contributed by atoms with Crippen molar-refractivity contribution in [1.82, 2.24) is 10.2 Å². The quantitative estimate of drug-likeness (QED) is 0.664. The van der Waals surface area contributed by atoms with E-state index < -0.39 is 0 Å². The van der Waals surface area contributed by atoms with Gasteiger partial charge in [0.05, 0.1) is 5.69 Å². The molecule has 0 bridgehead atoms. The average Bonchev–Trinajstić information content (AvgIpc) is 3.17. The number of aliphatic imine (C=N–C) groups is 1. The lowest BCUT2D eigenvalue weighted by molar-refractivity contribution is 0.174. The summed E-state index contributed by atoms with van der Waals surface area (Å²) in [5.74, 6) is 2.24. The zero-order valence-electron chi connectivity index (χ0n) is 15.3. The predicted octanol–water partition coefficient (Wildman–Crippen LogP) is 2.45. The molecule has 2 heterocycles. The van der Waals surface area contributed by atoms with Crippen molar-refractivity contribution in [2.45, 2.75) is 6.54 Å². The lowest BCUT2D eigenvalue weighted by Gasteiger charge is -2.37. The van der Waals surface area contributed by atoms with Gasteiger partial charge in [0, 0.05) is 39.8 Å². The molecular weight excluding hydrogens is 347 g/mol. The molecule has 6 nitrogen and oxygen atoms in total. The van der Waals surface area contributed by atoms with E-state index >= 15 is 0 Å². The van der Waals surface area contributed by atoms with Crippen molar-refractivity contribution in [3.63, 3.8) is 0 Å². The van der Waals surface area contributed by atoms with Gasteiger partial charge in [-0.15, -0.1) is 0 Å². The highest BCUT2D eigenvalue weighted by atomic mass is 19.1. The maximum Gasteiger partial charge on any atom is 0.231 e. The van der Waals surface area contributed by atoms with Gasteiger partial charge < -0.3 is 24.6 Å². The molecule has 0 atom stereocenters. The zero-order valence-corrected chi connectivity index (χ0v) is 15.3. The molecule has 7 heteroatoms. The molecule has 0 unspecified atom stereocenters. The minimum Gasteiger partial charge on any atom is -0.454 e. The zero-order chi connectivity index (χ0) is 18.6. The minimum atomic E-state index is -0.170. The number of nitrogens with zero attached hydrogens (tertiary/aromatic N) is 3. The maximum atomic E-state index is 14.0. The van der Waals surface area contributed by atoms with Crippen molar-refractivity contribution in [2.24, 2.45) is 4.99 Å². The van der Waals surface area contributed by atoms with Crippen molar-refractivity contribution in [3.05, 3.63) is 53.8 Å². The van der Waals surface area contributed by atoms with Gasteiger partial charge >= 0.3 is 0 Å². The highest BCUT2D eigenvalue weighted by Gasteiger charge is 2.21. The highest BCUT2D eigenvalue weighted by molar-refractivity contribution is 5.80. The van der Waals surface area contributed by atoms with Gasteiger partial charge in [-0.2, -0.15) is 0 Å². The van der Waals surface area contributed by atoms with Crippen molar-refractivity contribution in [1.29, 1.82) is 0 Å². The molecule has 2 aliphatic heterocycles. The first-order valence-corrected chi connectivity index (χ1v) is 9.08. The average molecular weight is 370 g/mol. The van der Waals surface area contributed by atoms with Gasteiger partial charge in [-0.1, -0.05) is 18.2 Å². The number of guanidine groups is 1. The molecule has 2 aliphatic rings. The number of halogens is 1. The summed E-state index contributed by atoms with van der Waals surface area (Å²) in [5, 5.41) is 3.40. The molecule has 1 saturated heterocycles. The van der Waals surface area contributed by atoms with Crippen molar-refractivity contribution < 1.29 is 13.9 Å². The van der Waals surface area contributed by atoms with Crippen LogP contribution in [0, 0.1) is 5.82 Å². The number of hydrogen-bond acceptors (Lipinski definition) is 4. The van der Waals surface area contributed by atoms with Gasteiger partial charge in [0.15, 0.2) is 17.5 Å². The van der Waals surface area contributed by atoms with Crippen LogP contribution in [0.15, 0.2) is 47.5 Å². The van der Waals surface area contributed by atoms with Gasteiger partial charge in [0.1, 0.15) is 5.82 Å². The first kappa shape index (κ1) is 17.5. The summed E-state index contributed by atoms with van der Waals surface area (Å²) in [6, 6.07) is 12.9. The number of para-hydroxylation sites is 1. The molecule has 0 saturated carbocycles. The Kier molecular flexibility index (Phi) is 5.00. The number of benzene rings is 2. The Bertz CT molecular complexity index is 834. The summed E-state index contributed by atoms with van der Waals surface area (Å²) in [5.41, 5.74) is 1.77. The monoisotopic (exact) mass is 370 g/mol. The fraction of sp³-hybridized carbons (Fsp3) is 0.350. The van der Waals surface area contributed by atoms with E-state index in [-0.39, 0.29) is 12.6 Å². The van der Waals surface area contributed by atoms with E-state index in [9.17, 15) is 4.39 Å². The topological polar surface area (TPSA) is 49.3 Å². The Labute approximate surface area is 158 Å². The molecule has 142 valence electrons. The fourth-order valence-corrected chi connectivity index (χ4v) is 3.43. The van der Waals surface area contributed by atoms with Crippen molar-refractivity contribution >= 4 is 11.6 Å². The Morgan fingerprint density at radius 1 is 1.07 bits per heavy atom. The summed E-state index contributed by atoms with van der Waals surface area (Å²) in [6.07, 6.45) is 0. The van der Waals surface area contributed by atoms with Crippen LogP contribution in [0.1, 0.15) is 5.56 Å². The van der Waals surface area contributed by atoms with E-state index in [0.29, 0.717) is 12.2 Å². The highest BCUT2D eigenvalue weighted by Crippen LogP contribution is 2.32. The molecule has 27 heavy (non-hydrogen) atoms. The van der Waals surface area contributed by atoms with Crippen LogP contribution < -0.4 is 19.7 Å². The van der Waals surface area contributed by atoms with Crippen LogP contribution in [0.5, 0.6) is 11.5 Å². The van der Waals surface area contributed by atoms with Gasteiger partial charge in [-0.25, -0.2) is 4.39 Å². The summed E-state index contributed by atoms with van der Waals surface area (Å²) < 4.78 is 24.8. The summed E-state index contributed by atoms with van der Waals surface area (Å²) in [7, 11) is 1.78. The largest absolute Gasteiger partial charge is 0.454 e. The molecule has 0 aliphatic carbocycles. The van der Waals surface area contributed by atoms with E-state index in [1.807, 2.05) is 30.3 Å². The van der Waals surface area contributed by atoms with Crippen LogP contribution in [0.4, 0.5) is 10.1 Å². The lowest BCUT2D eigenvalue weighted by atomic mass is 10.2. The molecule has 0 radical (unpaired) electrons. The summed E-state index contributed by atoms with van der Waals surface area (Å²) >= 11 is 0. The van der Waals surface area contributed by atoms with E-state index in [0.717, 1.165) is 49.2 Å². The maximum absolute atomic E-state index is 14.0. The van der Waals surface area contributed by atoms with Gasteiger partial charge in [-0.05, 0) is 29.8 Å². The number of ether oxygens (including phenoxy) is 2. The van der Waals surface area contributed by atoms with E-state index in [1.54, 1.807) is 13.1 Å². The fourth-order valence-electron chi connectivity index (χ4n) is 3.43. The van der Waals surface area contributed by atoms with Crippen LogP contribution >= 0.6 is 0 Å². The lowest BCUT2D eigenvalue weighted by Crippen LogP contribution is -2.52. The third-order valence-corrected chi connectivity index (χ3v) is 4.87. The number of nitrogens with one attached hydrogen (secondary N) is 1.